The number of nitrogens with zero attached hydrogens (tertiary/aromatic N) is 1. The van der Waals surface area contributed by atoms with Crippen LogP contribution in [0.4, 0.5) is 0 Å². The second-order valence-corrected chi connectivity index (χ2v) is 4.07. The first kappa shape index (κ1) is 14.0. The summed E-state index contributed by atoms with van der Waals surface area (Å²) >= 11 is 0. The molecule has 0 saturated carbocycles. The molecule has 0 heterocycles. The molecular formula is C12H27BN. The summed E-state index contributed by atoms with van der Waals surface area (Å²) in [5, 5.41) is 0. The van der Waals surface area contributed by atoms with Gasteiger partial charge in [0.1, 0.15) is 0 Å². The molecule has 14 heavy (non-hydrogen) atoms. The van der Waals surface area contributed by atoms with E-state index in [2.05, 4.69) is 33.0 Å². The molecule has 0 unspecified atom stereocenters. The van der Waals surface area contributed by atoms with E-state index in [0.717, 1.165) is 0 Å². The number of hydrogen-bond donors (Lipinski definition) is 0. The van der Waals surface area contributed by atoms with Crippen LogP contribution in [-0.2, 0) is 0 Å². The van der Waals surface area contributed by atoms with Crippen LogP contribution >= 0.6 is 0 Å². The first-order valence-corrected chi connectivity index (χ1v) is 6.42. The van der Waals surface area contributed by atoms with Gasteiger partial charge < -0.3 is 4.81 Å². The predicted molar refractivity (Wildman–Crippen MR) is 66.9 cm³/mol. The largest absolute Gasteiger partial charge is 0.347 e. The third kappa shape index (κ3) is 8.62. The average molecular weight is 196 g/mol. The molecule has 0 atom stereocenters. The lowest BCUT2D eigenvalue weighted by atomic mass is 9.83. The molecule has 1 nitrogen and oxygen atoms in total. The summed E-state index contributed by atoms with van der Waals surface area (Å²) in [7, 11) is 2.43. The van der Waals surface area contributed by atoms with Crippen molar-refractivity contribution in [2.24, 2.45) is 0 Å². The smallest absolute Gasteiger partial charge is 0.208 e. The molecule has 0 aromatic heterocycles. The second-order valence-electron chi connectivity index (χ2n) is 4.07. The molecule has 0 bridgehead atoms. The summed E-state index contributed by atoms with van der Waals surface area (Å²) in [6, 6.07) is 0. The molecular weight excluding hydrogens is 169 g/mol. The Balaban J connectivity index is 3.49. The fourth-order valence-corrected chi connectivity index (χ4v) is 1.49. The van der Waals surface area contributed by atoms with E-state index in [1.807, 2.05) is 0 Å². The van der Waals surface area contributed by atoms with Gasteiger partial charge in [0.15, 0.2) is 0 Å². The topological polar surface area (TPSA) is 3.24 Å². The highest BCUT2D eigenvalue weighted by Gasteiger charge is 2.04. The molecule has 1 radical (unpaired) electrons. The molecule has 0 amide bonds. The van der Waals surface area contributed by atoms with E-state index >= 15 is 0 Å². The van der Waals surface area contributed by atoms with E-state index in [9.17, 15) is 0 Å². The number of unbranched alkanes of at least 4 members (excludes halogenated alkanes) is 3. The maximum absolute atomic E-state index is 2.53. The summed E-state index contributed by atoms with van der Waals surface area (Å²) in [5.41, 5.74) is 0. The zero-order chi connectivity index (χ0) is 10.6. The fraction of sp³-hybridized carbons (Fsp3) is 1.00. The first-order chi connectivity index (χ1) is 6.85. The highest BCUT2D eigenvalue weighted by atomic mass is 15.0. The Morgan fingerprint density at radius 1 is 0.786 bits per heavy atom. The van der Waals surface area contributed by atoms with Crippen LogP contribution in [0.1, 0.15) is 59.3 Å². The molecule has 0 aromatic rings. The van der Waals surface area contributed by atoms with Crippen LogP contribution in [0.2, 0.25) is 6.32 Å². The van der Waals surface area contributed by atoms with Crippen LogP contribution in [0, 0.1) is 0 Å². The highest BCUT2D eigenvalue weighted by molar-refractivity contribution is 6.31. The lowest BCUT2D eigenvalue weighted by Crippen LogP contribution is -2.29. The summed E-state index contributed by atoms with van der Waals surface area (Å²) in [5.74, 6) is 0. The monoisotopic (exact) mass is 196 g/mol. The van der Waals surface area contributed by atoms with E-state index in [0.29, 0.717) is 0 Å². The molecule has 0 aromatic carbocycles. The van der Waals surface area contributed by atoms with Gasteiger partial charge in [0.05, 0.1) is 0 Å². The van der Waals surface area contributed by atoms with Crippen molar-refractivity contribution in [2.45, 2.75) is 65.6 Å². The maximum Gasteiger partial charge on any atom is 0.208 e. The van der Waals surface area contributed by atoms with Crippen LogP contribution in [0.5, 0.6) is 0 Å². The van der Waals surface area contributed by atoms with E-state index in [1.54, 1.807) is 0 Å². The highest BCUT2D eigenvalue weighted by Crippen LogP contribution is 2.02. The van der Waals surface area contributed by atoms with Crippen molar-refractivity contribution in [2.75, 3.05) is 13.1 Å². The Bertz CT molecular complexity index is 98.5. The van der Waals surface area contributed by atoms with Crippen molar-refractivity contribution in [3.8, 4) is 0 Å². The van der Waals surface area contributed by atoms with Crippen LogP contribution in [0.15, 0.2) is 0 Å². The predicted octanol–water partition coefficient (Wildman–Crippen LogP) is 3.73. The molecule has 83 valence electrons. The molecule has 0 aliphatic carbocycles. The Kier molecular flexibility index (Phi) is 11.1. The zero-order valence-corrected chi connectivity index (χ0v) is 10.4. The van der Waals surface area contributed by atoms with Gasteiger partial charge in [-0.1, -0.05) is 52.8 Å². The Hall–Kier alpha value is 0.0249. The molecule has 0 aliphatic heterocycles. The molecule has 0 saturated heterocycles. The first-order valence-electron chi connectivity index (χ1n) is 6.42. The fourth-order valence-electron chi connectivity index (χ4n) is 1.49. The van der Waals surface area contributed by atoms with Gasteiger partial charge in [-0.05, 0) is 25.9 Å². The summed E-state index contributed by atoms with van der Waals surface area (Å²) in [4.78, 5) is 2.53. The molecule has 0 rings (SSSR count). The lowest BCUT2D eigenvalue weighted by Gasteiger charge is -2.20. The minimum Gasteiger partial charge on any atom is -0.347 e. The van der Waals surface area contributed by atoms with E-state index in [4.69, 9.17) is 0 Å². The van der Waals surface area contributed by atoms with Crippen molar-refractivity contribution in [3.63, 3.8) is 0 Å². The quantitative estimate of drug-likeness (QED) is 0.380. The Morgan fingerprint density at radius 2 is 1.29 bits per heavy atom. The van der Waals surface area contributed by atoms with Gasteiger partial charge in [0.2, 0.25) is 7.41 Å². The summed E-state index contributed by atoms with van der Waals surface area (Å²) < 4.78 is 0. The Labute approximate surface area is 91.5 Å². The van der Waals surface area contributed by atoms with Crippen LogP contribution in [-0.4, -0.2) is 25.3 Å². The minimum atomic E-state index is 1.26. The van der Waals surface area contributed by atoms with Crippen molar-refractivity contribution >= 4 is 7.41 Å². The van der Waals surface area contributed by atoms with E-state index < -0.39 is 0 Å². The van der Waals surface area contributed by atoms with Crippen LogP contribution in [0.3, 0.4) is 0 Å². The van der Waals surface area contributed by atoms with Gasteiger partial charge in [0.25, 0.3) is 0 Å². The SMILES string of the molecule is CCCC[B]N(CCCC)CCCC. The second kappa shape index (κ2) is 11.1. The number of rotatable bonds is 10. The normalized spacial score (nSPS) is 10.9. The van der Waals surface area contributed by atoms with Crippen LogP contribution < -0.4 is 0 Å². The summed E-state index contributed by atoms with van der Waals surface area (Å²) in [6.07, 6.45) is 9.22. The van der Waals surface area contributed by atoms with Gasteiger partial charge in [-0.25, -0.2) is 0 Å². The van der Waals surface area contributed by atoms with Gasteiger partial charge in [-0.2, -0.15) is 0 Å². The van der Waals surface area contributed by atoms with Gasteiger partial charge >= 0.3 is 0 Å². The molecule has 0 N–H and O–H groups in total. The molecule has 0 aliphatic rings. The van der Waals surface area contributed by atoms with Gasteiger partial charge in [0, 0.05) is 0 Å². The van der Waals surface area contributed by atoms with Crippen molar-refractivity contribution in [1.29, 1.82) is 0 Å². The van der Waals surface area contributed by atoms with Crippen molar-refractivity contribution in [1.82, 2.24) is 4.81 Å². The third-order valence-electron chi connectivity index (χ3n) is 2.54. The molecule has 2 heteroatoms. The average Bonchev–Trinajstić information content (AvgIpc) is 2.21. The lowest BCUT2D eigenvalue weighted by molar-refractivity contribution is 0.418. The van der Waals surface area contributed by atoms with Crippen molar-refractivity contribution < 1.29 is 0 Å². The minimum absolute atomic E-state index is 1.26. The molecule has 0 spiro atoms. The van der Waals surface area contributed by atoms with Gasteiger partial charge in [-0.15, -0.1) is 0 Å². The zero-order valence-electron chi connectivity index (χ0n) is 10.4. The van der Waals surface area contributed by atoms with E-state index in [-0.39, 0.29) is 0 Å². The third-order valence-corrected chi connectivity index (χ3v) is 2.54. The maximum atomic E-state index is 2.53. The van der Waals surface area contributed by atoms with Gasteiger partial charge in [-0.3, -0.25) is 0 Å². The Morgan fingerprint density at radius 3 is 1.71 bits per heavy atom. The summed E-state index contributed by atoms with van der Waals surface area (Å²) in [6.45, 7) is 9.32. The molecule has 0 fully saturated rings. The van der Waals surface area contributed by atoms with Crippen molar-refractivity contribution in [3.05, 3.63) is 0 Å². The van der Waals surface area contributed by atoms with E-state index in [1.165, 1.54) is 57.9 Å². The van der Waals surface area contributed by atoms with Crippen LogP contribution in [0.25, 0.3) is 0 Å². The number of hydrogen-bond acceptors (Lipinski definition) is 1. The standard InChI is InChI=1S/C12H27BN/c1-4-7-10-13-14(11-8-5-2)12-9-6-3/h4-12H2,1-3H3.